The highest BCUT2D eigenvalue weighted by Crippen LogP contribution is 2.46. The molecule has 1 saturated carbocycles. The van der Waals surface area contributed by atoms with Crippen LogP contribution in [0, 0.1) is 0 Å². The Balaban J connectivity index is 1.86. The summed E-state index contributed by atoms with van der Waals surface area (Å²) >= 11 is 6.05. The van der Waals surface area contributed by atoms with E-state index < -0.39 is 5.67 Å². The molecule has 5 heteroatoms. The number of aromatic nitrogens is 3. The Bertz CT molecular complexity index is 816. The zero-order chi connectivity index (χ0) is 13.9. The molecule has 3 aromatic rings. The summed E-state index contributed by atoms with van der Waals surface area (Å²) in [6.07, 6.45) is 2.80. The number of H-pyrrole nitrogens is 1. The number of benzene rings is 1. The molecule has 1 fully saturated rings. The Kier molecular flexibility index (Phi) is 2.37. The van der Waals surface area contributed by atoms with Crippen molar-refractivity contribution in [2.75, 3.05) is 0 Å². The Morgan fingerprint density at radius 1 is 1.35 bits per heavy atom. The van der Waals surface area contributed by atoms with Crippen molar-refractivity contribution >= 4 is 33.5 Å². The largest absolute Gasteiger partial charge is 0.341 e. The van der Waals surface area contributed by atoms with Gasteiger partial charge in [0.15, 0.2) is 0 Å². The lowest BCUT2D eigenvalue weighted by Gasteiger charge is -2.37. The first-order valence-electron chi connectivity index (χ1n) is 6.65. The maximum atomic E-state index is 13.6. The molecule has 102 valence electrons. The van der Waals surface area contributed by atoms with Crippen LogP contribution in [0.3, 0.4) is 0 Å². The molecule has 0 bridgehead atoms. The zero-order valence-electron chi connectivity index (χ0n) is 11.0. The smallest absolute Gasteiger partial charge is 0.110 e. The summed E-state index contributed by atoms with van der Waals surface area (Å²) in [5.74, 6) is 1.02. The summed E-state index contributed by atoms with van der Waals surface area (Å²) in [5.41, 5.74) is 1.57. The second-order valence-corrected chi connectivity index (χ2v) is 6.26. The van der Waals surface area contributed by atoms with E-state index >= 15 is 0 Å². The molecule has 0 atom stereocenters. The minimum atomic E-state index is -1.05. The van der Waals surface area contributed by atoms with Crippen LogP contribution in [0.15, 0.2) is 24.4 Å². The summed E-state index contributed by atoms with van der Waals surface area (Å²) in [6.45, 7) is 1.64. The zero-order valence-corrected chi connectivity index (χ0v) is 11.7. The van der Waals surface area contributed by atoms with E-state index in [1.807, 2.05) is 18.2 Å². The lowest BCUT2D eigenvalue weighted by atomic mass is 9.73. The van der Waals surface area contributed by atoms with E-state index in [2.05, 4.69) is 15.0 Å². The highest BCUT2D eigenvalue weighted by atomic mass is 35.5. The number of fused-ring (bicyclic) bond motifs is 3. The van der Waals surface area contributed by atoms with Crippen LogP contribution in [-0.4, -0.2) is 20.6 Å². The fourth-order valence-electron chi connectivity index (χ4n) is 3.01. The number of hydrogen-bond acceptors (Lipinski definition) is 2. The molecule has 4 rings (SSSR count). The van der Waals surface area contributed by atoms with Gasteiger partial charge in [0.25, 0.3) is 0 Å². The van der Waals surface area contributed by atoms with Gasteiger partial charge in [-0.1, -0.05) is 11.6 Å². The monoisotopic (exact) mass is 289 g/mol. The van der Waals surface area contributed by atoms with Gasteiger partial charge in [0, 0.05) is 16.3 Å². The number of rotatable bonds is 1. The Hall–Kier alpha value is -1.68. The molecule has 20 heavy (non-hydrogen) atoms. The second-order valence-electron chi connectivity index (χ2n) is 5.82. The molecule has 0 saturated heterocycles. The van der Waals surface area contributed by atoms with Gasteiger partial charge >= 0.3 is 0 Å². The van der Waals surface area contributed by atoms with Crippen LogP contribution in [0.1, 0.15) is 31.5 Å². The molecular weight excluding hydrogens is 277 g/mol. The summed E-state index contributed by atoms with van der Waals surface area (Å²) in [6, 6.07) is 5.59. The summed E-state index contributed by atoms with van der Waals surface area (Å²) < 4.78 is 13.6. The average molecular weight is 290 g/mol. The van der Waals surface area contributed by atoms with Gasteiger partial charge in [0.05, 0.1) is 17.2 Å². The highest BCUT2D eigenvalue weighted by molar-refractivity contribution is 6.31. The van der Waals surface area contributed by atoms with Crippen LogP contribution in [0.2, 0.25) is 5.02 Å². The summed E-state index contributed by atoms with van der Waals surface area (Å²) in [4.78, 5) is 12.3. The van der Waals surface area contributed by atoms with Crippen molar-refractivity contribution < 1.29 is 4.39 Å². The third-order valence-corrected chi connectivity index (χ3v) is 4.27. The van der Waals surface area contributed by atoms with E-state index in [0.717, 1.165) is 27.8 Å². The van der Waals surface area contributed by atoms with Crippen molar-refractivity contribution in [3.05, 3.63) is 35.2 Å². The van der Waals surface area contributed by atoms with Gasteiger partial charge in [-0.3, -0.25) is 4.98 Å². The van der Waals surface area contributed by atoms with Gasteiger partial charge in [-0.15, -0.1) is 0 Å². The molecule has 0 aliphatic heterocycles. The van der Waals surface area contributed by atoms with Crippen LogP contribution in [0.25, 0.3) is 21.9 Å². The molecule has 1 aromatic carbocycles. The van der Waals surface area contributed by atoms with Crippen molar-refractivity contribution in [3.63, 3.8) is 0 Å². The highest BCUT2D eigenvalue weighted by Gasteiger charge is 2.42. The molecule has 3 nitrogen and oxygen atoms in total. The topological polar surface area (TPSA) is 41.6 Å². The average Bonchev–Trinajstić information content (AvgIpc) is 2.79. The van der Waals surface area contributed by atoms with Gasteiger partial charge < -0.3 is 4.98 Å². The number of imidazole rings is 1. The standard InChI is InChI=1S/C15H13ClFN3/c1-15(17)5-8(6-15)14-19-12-7-18-11-3-2-9(16)4-10(11)13(12)20-14/h2-4,7-8H,5-6H2,1H3,(H,19,20). The van der Waals surface area contributed by atoms with Gasteiger partial charge in [-0.05, 0) is 38.0 Å². The third kappa shape index (κ3) is 1.79. The molecule has 2 heterocycles. The van der Waals surface area contributed by atoms with Gasteiger partial charge in [0.2, 0.25) is 0 Å². The Morgan fingerprint density at radius 2 is 2.15 bits per heavy atom. The van der Waals surface area contributed by atoms with Gasteiger partial charge in [-0.2, -0.15) is 0 Å². The molecule has 0 amide bonds. The van der Waals surface area contributed by atoms with E-state index in [1.165, 1.54) is 0 Å². The molecular formula is C15H13ClFN3. The fourth-order valence-corrected chi connectivity index (χ4v) is 3.18. The fraction of sp³-hybridized carbons (Fsp3) is 0.333. The first-order valence-corrected chi connectivity index (χ1v) is 7.02. The quantitative estimate of drug-likeness (QED) is 0.723. The maximum absolute atomic E-state index is 13.6. The number of alkyl halides is 1. The Labute approximate surface area is 120 Å². The first kappa shape index (κ1) is 12.1. The van der Waals surface area contributed by atoms with Crippen molar-refractivity contribution in [3.8, 4) is 0 Å². The van der Waals surface area contributed by atoms with E-state index in [4.69, 9.17) is 11.6 Å². The first-order chi connectivity index (χ1) is 9.52. The predicted octanol–water partition coefficient (Wildman–Crippen LogP) is 4.37. The number of nitrogens with one attached hydrogen (secondary N) is 1. The maximum Gasteiger partial charge on any atom is 0.110 e. The molecule has 1 aliphatic rings. The predicted molar refractivity (Wildman–Crippen MR) is 77.9 cm³/mol. The summed E-state index contributed by atoms with van der Waals surface area (Å²) in [7, 11) is 0. The molecule has 0 spiro atoms. The third-order valence-electron chi connectivity index (χ3n) is 4.03. The lowest BCUT2D eigenvalue weighted by Crippen LogP contribution is -2.35. The molecule has 0 unspecified atom stereocenters. The molecule has 2 aromatic heterocycles. The van der Waals surface area contributed by atoms with E-state index in [9.17, 15) is 4.39 Å². The number of halogens is 2. The molecule has 0 radical (unpaired) electrons. The van der Waals surface area contributed by atoms with Crippen LogP contribution < -0.4 is 0 Å². The van der Waals surface area contributed by atoms with Crippen molar-refractivity contribution in [1.82, 2.24) is 15.0 Å². The number of aromatic amines is 1. The van der Waals surface area contributed by atoms with E-state index in [1.54, 1.807) is 13.1 Å². The summed E-state index contributed by atoms with van der Waals surface area (Å²) in [5, 5.41) is 1.62. The van der Waals surface area contributed by atoms with E-state index in [0.29, 0.717) is 17.9 Å². The van der Waals surface area contributed by atoms with E-state index in [-0.39, 0.29) is 5.92 Å². The number of pyridine rings is 1. The minimum absolute atomic E-state index is 0.173. The minimum Gasteiger partial charge on any atom is -0.341 e. The molecule has 1 N–H and O–H groups in total. The van der Waals surface area contributed by atoms with Gasteiger partial charge in [0.1, 0.15) is 17.0 Å². The normalized spacial score (nSPS) is 26.1. The van der Waals surface area contributed by atoms with Crippen LogP contribution in [-0.2, 0) is 0 Å². The van der Waals surface area contributed by atoms with Crippen LogP contribution in [0.5, 0.6) is 0 Å². The lowest BCUT2D eigenvalue weighted by molar-refractivity contribution is 0.0586. The SMILES string of the molecule is CC1(F)CC(c2nc3cnc4ccc(Cl)cc4c3[nH]2)C1. The van der Waals surface area contributed by atoms with Gasteiger partial charge in [-0.25, -0.2) is 9.37 Å². The van der Waals surface area contributed by atoms with Crippen LogP contribution in [0.4, 0.5) is 4.39 Å². The number of hydrogen-bond donors (Lipinski definition) is 1. The Morgan fingerprint density at radius 3 is 2.90 bits per heavy atom. The van der Waals surface area contributed by atoms with Crippen LogP contribution >= 0.6 is 11.6 Å². The number of nitrogens with zero attached hydrogens (tertiary/aromatic N) is 2. The molecule has 1 aliphatic carbocycles. The van der Waals surface area contributed by atoms with Crippen molar-refractivity contribution in [2.24, 2.45) is 0 Å². The van der Waals surface area contributed by atoms with Crippen molar-refractivity contribution in [2.45, 2.75) is 31.4 Å². The second kappa shape index (κ2) is 3.92. The van der Waals surface area contributed by atoms with Crippen molar-refractivity contribution in [1.29, 1.82) is 0 Å².